The van der Waals surface area contributed by atoms with E-state index in [1.807, 2.05) is 67.6 Å². The topological polar surface area (TPSA) is 93.6 Å². The van der Waals surface area contributed by atoms with Gasteiger partial charge in [-0.2, -0.15) is 0 Å². The van der Waals surface area contributed by atoms with Gasteiger partial charge in [0.15, 0.2) is 6.61 Å². The summed E-state index contributed by atoms with van der Waals surface area (Å²) >= 11 is 3.45. The number of nitrogens with one attached hydrogen (secondary N) is 1. The number of anilines is 1. The number of hydrogen-bond acceptors (Lipinski definition) is 6. The standard InChI is InChI=1S/C25H22BrN3O4/c1-16(18-8-5-9-20(10-18)32-13-17-6-3-2-4-7-17)29-25-21-11-19(26)12-22(33-14-23(30)31)24(21)27-15-28-25/h2-12,15-16H,13-14H2,1H3,(H,30,31)(H,27,28,29). The second kappa shape index (κ2) is 10.3. The molecular formula is C25H22BrN3O4. The van der Waals surface area contributed by atoms with Gasteiger partial charge >= 0.3 is 5.97 Å². The fourth-order valence-electron chi connectivity index (χ4n) is 3.37. The van der Waals surface area contributed by atoms with Gasteiger partial charge in [-0.1, -0.05) is 58.4 Å². The first-order valence-electron chi connectivity index (χ1n) is 10.3. The van der Waals surface area contributed by atoms with Crippen molar-refractivity contribution in [1.82, 2.24) is 9.97 Å². The zero-order valence-electron chi connectivity index (χ0n) is 17.9. The highest BCUT2D eigenvalue weighted by Crippen LogP contribution is 2.33. The molecule has 1 unspecified atom stereocenters. The lowest BCUT2D eigenvalue weighted by atomic mass is 10.1. The summed E-state index contributed by atoms with van der Waals surface area (Å²) in [5, 5.41) is 13.1. The largest absolute Gasteiger partial charge is 0.489 e. The van der Waals surface area contributed by atoms with E-state index in [1.54, 1.807) is 6.07 Å². The Labute approximate surface area is 199 Å². The lowest BCUT2D eigenvalue weighted by Crippen LogP contribution is -2.11. The molecule has 0 amide bonds. The van der Waals surface area contributed by atoms with Gasteiger partial charge in [-0.3, -0.25) is 0 Å². The third-order valence-electron chi connectivity index (χ3n) is 4.98. The highest BCUT2D eigenvalue weighted by atomic mass is 79.9. The zero-order valence-corrected chi connectivity index (χ0v) is 19.5. The van der Waals surface area contributed by atoms with Crippen molar-refractivity contribution < 1.29 is 19.4 Å². The number of rotatable bonds is 9. The Kier molecular flexibility index (Phi) is 7.04. The van der Waals surface area contributed by atoms with Gasteiger partial charge in [-0.15, -0.1) is 0 Å². The molecule has 8 heteroatoms. The monoisotopic (exact) mass is 507 g/mol. The molecule has 1 aromatic heterocycles. The van der Waals surface area contributed by atoms with Crippen molar-refractivity contribution in [3.05, 3.63) is 88.7 Å². The Morgan fingerprint density at radius 3 is 2.67 bits per heavy atom. The molecule has 0 aliphatic carbocycles. The highest BCUT2D eigenvalue weighted by molar-refractivity contribution is 9.10. The second-order valence-electron chi connectivity index (χ2n) is 7.42. The van der Waals surface area contributed by atoms with Gasteiger partial charge in [0.25, 0.3) is 0 Å². The van der Waals surface area contributed by atoms with Crippen molar-refractivity contribution in [2.45, 2.75) is 19.6 Å². The van der Waals surface area contributed by atoms with Gasteiger partial charge in [0, 0.05) is 9.86 Å². The van der Waals surface area contributed by atoms with Gasteiger partial charge in [0.05, 0.1) is 6.04 Å². The van der Waals surface area contributed by atoms with Crippen LogP contribution in [0.3, 0.4) is 0 Å². The van der Waals surface area contributed by atoms with Gasteiger partial charge < -0.3 is 19.9 Å². The molecule has 168 valence electrons. The van der Waals surface area contributed by atoms with Crippen molar-refractivity contribution in [3.63, 3.8) is 0 Å². The molecule has 0 bridgehead atoms. The Bertz CT molecular complexity index is 1270. The van der Waals surface area contributed by atoms with Crippen LogP contribution in [0.5, 0.6) is 11.5 Å². The van der Waals surface area contributed by atoms with E-state index >= 15 is 0 Å². The van der Waals surface area contributed by atoms with Crippen LogP contribution in [-0.2, 0) is 11.4 Å². The van der Waals surface area contributed by atoms with E-state index < -0.39 is 12.6 Å². The molecule has 0 radical (unpaired) electrons. The van der Waals surface area contributed by atoms with Crippen LogP contribution >= 0.6 is 15.9 Å². The summed E-state index contributed by atoms with van der Waals surface area (Å²) in [4.78, 5) is 19.6. The van der Waals surface area contributed by atoms with E-state index in [2.05, 4.69) is 31.2 Å². The van der Waals surface area contributed by atoms with Gasteiger partial charge in [0.1, 0.15) is 35.8 Å². The summed E-state index contributed by atoms with van der Waals surface area (Å²) in [6, 6.07) is 21.4. The number of carboxylic acids is 1. The van der Waals surface area contributed by atoms with E-state index in [-0.39, 0.29) is 6.04 Å². The predicted molar refractivity (Wildman–Crippen MR) is 130 cm³/mol. The van der Waals surface area contributed by atoms with Crippen LogP contribution in [0.1, 0.15) is 24.1 Å². The number of hydrogen-bond donors (Lipinski definition) is 2. The average Bonchev–Trinajstić information content (AvgIpc) is 2.82. The number of carbonyl (C=O) groups is 1. The number of ether oxygens (including phenoxy) is 2. The average molecular weight is 508 g/mol. The number of nitrogens with zero attached hydrogens (tertiary/aromatic N) is 2. The third-order valence-corrected chi connectivity index (χ3v) is 5.44. The van der Waals surface area contributed by atoms with Crippen LogP contribution in [0, 0.1) is 0 Å². The number of halogens is 1. The molecule has 1 atom stereocenters. The minimum absolute atomic E-state index is 0.0780. The predicted octanol–water partition coefficient (Wildman–Crippen LogP) is 5.61. The summed E-state index contributed by atoms with van der Waals surface area (Å²) < 4.78 is 12.1. The van der Waals surface area contributed by atoms with Crippen LogP contribution in [0.15, 0.2) is 77.5 Å². The third kappa shape index (κ3) is 5.78. The van der Waals surface area contributed by atoms with Gasteiger partial charge in [-0.25, -0.2) is 14.8 Å². The van der Waals surface area contributed by atoms with Crippen LogP contribution in [0.4, 0.5) is 5.82 Å². The summed E-state index contributed by atoms with van der Waals surface area (Å²) in [5.41, 5.74) is 2.67. The smallest absolute Gasteiger partial charge is 0.341 e. The van der Waals surface area contributed by atoms with Crippen LogP contribution in [-0.4, -0.2) is 27.7 Å². The quantitative estimate of drug-likeness (QED) is 0.304. The van der Waals surface area contributed by atoms with Crippen molar-refractivity contribution in [3.8, 4) is 11.5 Å². The Hall–Kier alpha value is -3.65. The van der Waals surface area contributed by atoms with Crippen molar-refractivity contribution >= 4 is 38.6 Å². The van der Waals surface area contributed by atoms with E-state index in [4.69, 9.17) is 14.6 Å². The molecule has 0 saturated carbocycles. The summed E-state index contributed by atoms with van der Waals surface area (Å²) in [6.07, 6.45) is 1.43. The number of fused-ring (bicyclic) bond motifs is 1. The van der Waals surface area contributed by atoms with Crippen LogP contribution in [0.2, 0.25) is 0 Å². The first-order valence-corrected chi connectivity index (χ1v) is 11.1. The molecule has 0 spiro atoms. The fourth-order valence-corrected chi connectivity index (χ4v) is 3.81. The first-order chi connectivity index (χ1) is 16.0. The van der Waals surface area contributed by atoms with Crippen molar-refractivity contribution in [2.24, 2.45) is 0 Å². The maximum atomic E-state index is 10.9. The Balaban J connectivity index is 1.54. The van der Waals surface area contributed by atoms with Crippen molar-refractivity contribution in [1.29, 1.82) is 0 Å². The molecule has 0 aliphatic rings. The zero-order chi connectivity index (χ0) is 23.2. The van der Waals surface area contributed by atoms with Crippen LogP contribution < -0.4 is 14.8 Å². The molecule has 7 nitrogen and oxygen atoms in total. The Morgan fingerprint density at radius 2 is 1.88 bits per heavy atom. The van der Waals surface area contributed by atoms with Crippen molar-refractivity contribution in [2.75, 3.05) is 11.9 Å². The molecule has 3 aromatic carbocycles. The Morgan fingerprint density at radius 1 is 1.06 bits per heavy atom. The molecule has 0 aliphatic heterocycles. The number of carboxylic acid groups (broad SMARTS) is 1. The molecule has 2 N–H and O–H groups in total. The van der Waals surface area contributed by atoms with Gasteiger partial charge in [0.2, 0.25) is 0 Å². The lowest BCUT2D eigenvalue weighted by molar-refractivity contribution is -0.139. The number of benzene rings is 3. The minimum Gasteiger partial charge on any atom is -0.489 e. The molecule has 4 rings (SSSR count). The van der Waals surface area contributed by atoms with E-state index in [1.165, 1.54) is 6.33 Å². The maximum Gasteiger partial charge on any atom is 0.341 e. The summed E-state index contributed by atoms with van der Waals surface area (Å²) in [6.45, 7) is 2.07. The molecule has 33 heavy (non-hydrogen) atoms. The number of aliphatic carboxylic acids is 1. The molecule has 0 saturated heterocycles. The van der Waals surface area contributed by atoms with E-state index in [0.717, 1.165) is 26.7 Å². The lowest BCUT2D eigenvalue weighted by Gasteiger charge is -2.18. The maximum absolute atomic E-state index is 10.9. The molecular weight excluding hydrogens is 486 g/mol. The SMILES string of the molecule is CC(Nc1ncnc2c(OCC(=O)O)cc(Br)cc12)c1cccc(OCc2ccccc2)c1. The highest BCUT2D eigenvalue weighted by Gasteiger charge is 2.14. The summed E-state index contributed by atoms with van der Waals surface area (Å²) in [5.74, 6) is 0.712. The fraction of sp³-hybridized carbons (Fsp3) is 0.160. The normalized spacial score (nSPS) is 11.7. The van der Waals surface area contributed by atoms with E-state index in [0.29, 0.717) is 23.7 Å². The van der Waals surface area contributed by atoms with Crippen LogP contribution in [0.25, 0.3) is 10.9 Å². The summed E-state index contributed by atoms with van der Waals surface area (Å²) in [7, 11) is 0. The molecule has 4 aromatic rings. The molecule has 0 fully saturated rings. The first kappa shape index (κ1) is 22.5. The second-order valence-corrected chi connectivity index (χ2v) is 8.33. The molecule has 1 heterocycles. The number of aromatic nitrogens is 2. The van der Waals surface area contributed by atoms with E-state index in [9.17, 15) is 4.79 Å². The van der Waals surface area contributed by atoms with Gasteiger partial charge in [-0.05, 0) is 42.3 Å². The minimum atomic E-state index is -1.06.